The van der Waals surface area contributed by atoms with Crippen LogP contribution in [0.1, 0.15) is 22.3 Å². The first kappa shape index (κ1) is 15.5. The molecule has 0 aromatic heterocycles. The van der Waals surface area contributed by atoms with Crippen LogP contribution in [-0.4, -0.2) is 55.5 Å². The first-order chi connectivity index (χ1) is 10.0. The summed E-state index contributed by atoms with van der Waals surface area (Å²) in [6.07, 6.45) is 0.457. The molecule has 1 aromatic rings. The summed E-state index contributed by atoms with van der Waals surface area (Å²) in [4.78, 5) is 14.1. The van der Waals surface area contributed by atoms with Gasteiger partial charge < -0.3 is 10.0 Å². The highest BCUT2D eigenvalue weighted by Crippen LogP contribution is 2.14. The molecule has 6 heteroatoms. The van der Waals surface area contributed by atoms with Gasteiger partial charge in [-0.2, -0.15) is 0 Å². The highest BCUT2D eigenvalue weighted by molar-refractivity contribution is 7.91. The van der Waals surface area contributed by atoms with Gasteiger partial charge in [-0.05, 0) is 18.6 Å². The first-order valence-electron chi connectivity index (χ1n) is 6.72. The van der Waals surface area contributed by atoms with E-state index in [1.54, 1.807) is 29.2 Å². The van der Waals surface area contributed by atoms with E-state index >= 15 is 0 Å². The number of hydrogen-bond acceptors (Lipinski definition) is 4. The third kappa shape index (κ3) is 4.06. The third-order valence-corrected chi connectivity index (χ3v) is 5.02. The van der Waals surface area contributed by atoms with Gasteiger partial charge in [-0.25, -0.2) is 8.42 Å². The van der Waals surface area contributed by atoms with Gasteiger partial charge in [0.1, 0.15) is 6.61 Å². The van der Waals surface area contributed by atoms with Crippen LogP contribution < -0.4 is 0 Å². The van der Waals surface area contributed by atoms with Crippen molar-refractivity contribution in [2.24, 2.45) is 0 Å². The smallest absolute Gasteiger partial charge is 0.255 e. The number of sulfone groups is 1. The van der Waals surface area contributed by atoms with E-state index < -0.39 is 9.84 Å². The average Bonchev–Trinajstić information content (AvgIpc) is 2.65. The number of rotatable bonds is 1. The summed E-state index contributed by atoms with van der Waals surface area (Å²) in [5, 5.41) is 8.76. The summed E-state index contributed by atoms with van der Waals surface area (Å²) >= 11 is 0. The molecule has 1 fully saturated rings. The maximum Gasteiger partial charge on any atom is 0.255 e. The predicted octanol–water partition coefficient (Wildman–Crippen LogP) is 0.291. The van der Waals surface area contributed by atoms with Gasteiger partial charge in [0.05, 0.1) is 17.1 Å². The van der Waals surface area contributed by atoms with Crippen LogP contribution in [0.5, 0.6) is 0 Å². The zero-order valence-corrected chi connectivity index (χ0v) is 12.4. The third-order valence-electron chi connectivity index (χ3n) is 3.30. The second-order valence-electron chi connectivity index (χ2n) is 4.80. The largest absolute Gasteiger partial charge is 0.384 e. The Morgan fingerprint density at radius 3 is 2.76 bits per heavy atom. The van der Waals surface area contributed by atoms with E-state index in [4.69, 9.17) is 5.11 Å². The molecule has 0 saturated carbocycles. The van der Waals surface area contributed by atoms with E-state index in [2.05, 4.69) is 11.8 Å². The molecular formula is C15H17NO4S. The van der Waals surface area contributed by atoms with E-state index in [1.807, 2.05) is 0 Å². The second-order valence-corrected chi connectivity index (χ2v) is 7.11. The Hall–Kier alpha value is -1.84. The van der Waals surface area contributed by atoms with Gasteiger partial charge in [0.25, 0.3) is 5.91 Å². The summed E-state index contributed by atoms with van der Waals surface area (Å²) in [6.45, 7) is 0.368. The second kappa shape index (κ2) is 6.74. The lowest BCUT2D eigenvalue weighted by atomic mass is 10.1. The molecule has 0 aliphatic carbocycles. The molecule has 0 radical (unpaired) electrons. The van der Waals surface area contributed by atoms with Gasteiger partial charge in [0.15, 0.2) is 9.84 Å². The minimum Gasteiger partial charge on any atom is -0.384 e. The Morgan fingerprint density at radius 2 is 2.00 bits per heavy atom. The quantitative estimate of drug-likeness (QED) is 0.757. The van der Waals surface area contributed by atoms with Crippen LogP contribution in [0.4, 0.5) is 0 Å². The topological polar surface area (TPSA) is 74.7 Å². The molecule has 0 spiro atoms. The lowest BCUT2D eigenvalue weighted by molar-refractivity contribution is 0.0768. The molecule has 112 valence electrons. The normalized spacial score (nSPS) is 17.5. The van der Waals surface area contributed by atoms with Crippen LogP contribution in [0, 0.1) is 11.8 Å². The summed E-state index contributed by atoms with van der Waals surface area (Å²) < 4.78 is 23.2. The fourth-order valence-corrected chi connectivity index (χ4v) is 3.50. The average molecular weight is 307 g/mol. The lowest BCUT2D eigenvalue weighted by Crippen LogP contribution is -2.34. The maximum atomic E-state index is 12.5. The van der Waals surface area contributed by atoms with Crippen molar-refractivity contribution < 1.29 is 18.3 Å². The number of amides is 1. The number of nitrogens with zero attached hydrogens (tertiary/aromatic N) is 1. The van der Waals surface area contributed by atoms with E-state index in [0.29, 0.717) is 24.1 Å². The van der Waals surface area contributed by atoms with Gasteiger partial charge in [0.2, 0.25) is 0 Å². The van der Waals surface area contributed by atoms with Crippen molar-refractivity contribution in [3.8, 4) is 11.8 Å². The molecule has 1 N–H and O–H groups in total. The van der Waals surface area contributed by atoms with Gasteiger partial charge >= 0.3 is 0 Å². The van der Waals surface area contributed by atoms with Crippen LogP contribution in [0.2, 0.25) is 0 Å². The Balaban J connectivity index is 2.24. The highest BCUT2D eigenvalue weighted by atomic mass is 32.2. The summed E-state index contributed by atoms with van der Waals surface area (Å²) in [5.41, 5.74) is 0.987. The van der Waals surface area contributed by atoms with Crippen LogP contribution in [-0.2, 0) is 9.84 Å². The van der Waals surface area contributed by atoms with Crippen molar-refractivity contribution in [3.05, 3.63) is 35.4 Å². The molecule has 1 saturated heterocycles. The van der Waals surface area contributed by atoms with Crippen LogP contribution in [0.15, 0.2) is 24.3 Å². The first-order valence-corrected chi connectivity index (χ1v) is 8.54. The van der Waals surface area contributed by atoms with Crippen molar-refractivity contribution in [3.63, 3.8) is 0 Å². The lowest BCUT2D eigenvalue weighted by Gasteiger charge is -2.20. The van der Waals surface area contributed by atoms with Crippen molar-refractivity contribution >= 4 is 15.7 Å². The van der Waals surface area contributed by atoms with Crippen molar-refractivity contribution in [2.45, 2.75) is 6.42 Å². The van der Waals surface area contributed by atoms with E-state index in [9.17, 15) is 13.2 Å². The summed E-state index contributed by atoms with van der Waals surface area (Å²) in [5.74, 6) is 5.19. The molecule has 1 aliphatic heterocycles. The fraction of sp³-hybridized carbons (Fsp3) is 0.400. The predicted molar refractivity (Wildman–Crippen MR) is 79.6 cm³/mol. The SMILES string of the molecule is O=C(c1ccccc1C#CCO)N1CCCS(=O)(=O)CC1. The Morgan fingerprint density at radius 1 is 1.24 bits per heavy atom. The monoisotopic (exact) mass is 307 g/mol. The van der Waals surface area contributed by atoms with Gasteiger partial charge in [0, 0.05) is 18.7 Å². The fourth-order valence-electron chi connectivity index (χ4n) is 2.23. The van der Waals surface area contributed by atoms with Crippen LogP contribution in [0.3, 0.4) is 0 Å². The van der Waals surface area contributed by atoms with Gasteiger partial charge in [-0.3, -0.25) is 4.79 Å². The van der Waals surface area contributed by atoms with E-state index in [-0.39, 0.29) is 30.6 Å². The number of hydrogen-bond donors (Lipinski definition) is 1. The highest BCUT2D eigenvalue weighted by Gasteiger charge is 2.24. The van der Waals surface area contributed by atoms with E-state index in [1.165, 1.54) is 0 Å². The van der Waals surface area contributed by atoms with E-state index in [0.717, 1.165) is 0 Å². The Bertz CT molecular complexity index is 685. The zero-order chi connectivity index (χ0) is 15.3. The number of benzene rings is 1. The standard InChI is InChI=1S/C15H17NO4S/c17-10-3-6-13-5-1-2-7-14(13)15(18)16-8-4-11-21(19,20)12-9-16/h1-2,5,7,17H,4,8-12H2. The molecule has 1 heterocycles. The molecule has 2 rings (SSSR count). The molecule has 5 nitrogen and oxygen atoms in total. The molecule has 1 aliphatic rings. The molecule has 0 bridgehead atoms. The minimum atomic E-state index is -3.05. The molecule has 0 unspecified atom stereocenters. The number of carbonyl (C=O) groups is 1. The molecule has 21 heavy (non-hydrogen) atoms. The number of aliphatic hydroxyl groups is 1. The van der Waals surface area contributed by atoms with Gasteiger partial charge in [-0.1, -0.05) is 24.0 Å². The Kier molecular flexibility index (Phi) is 4.99. The maximum absolute atomic E-state index is 12.5. The zero-order valence-electron chi connectivity index (χ0n) is 11.6. The van der Waals surface area contributed by atoms with Gasteiger partial charge in [-0.15, -0.1) is 0 Å². The summed E-state index contributed by atoms with van der Waals surface area (Å²) in [7, 11) is -3.05. The van der Waals surface area contributed by atoms with Crippen molar-refractivity contribution in [1.82, 2.24) is 4.90 Å². The number of carbonyl (C=O) groups excluding carboxylic acids is 1. The summed E-state index contributed by atoms with van der Waals surface area (Å²) in [6, 6.07) is 6.89. The van der Waals surface area contributed by atoms with Crippen LogP contribution in [0.25, 0.3) is 0 Å². The molecule has 1 aromatic carbocycles. The van der Waals surface area contributed by atoms with Crippen LogP contribution >= 0.6 is 0 Å². The molecule has 1 amide bonds. The molecule has 0 atom stereocenters. The van der Waals surface area contributed by atoms with Crippen molar-refractivity contribution in [2.75, 3.05) is 31.2 Å². The number of aliphatic hydroxyl groups excluding tert-OH is 1. The molecular weight excluding hydrogens is 290 g/mol. The Labute approximate surface area is 124 Å². The minimum absolute atomic E-state index is 0.00320. The van der Waals surface area contributed by atoms with Crippen molar-refractivity contribution in [1.29, 1.82) is 0 Å².